The second kappa shape index (κ2) is 8.78. The van der Waals surface area contributed by atoms with Gasteiger partial charge in [0.2, 0.25) is 5.95 Å². The van der Waals surface area contributed by atoms with Gasteiger partial charge in [-0.15, -0.1) is 0 Å². The van der Waals surface area contributed by atoms with E-state index in [0.29, 0.717) is 34.8 Å². The summed E-state index contributed by atoms with van der Waals surface area (Å²) in [5, 5.41) is 26.2. The van der Waals surface area contributed by atoms with Crippen LogP contribution in [-0.2, 0) is 0 Å². The van der Waals surface area contributed by atoms with E-state index in [1.807, 2.05) is 29.2 Å². The van der Waals surface area contributed by atoms with Crippen molar-refractivity contribution in [2.45, 2.75) is 43.8 Å². The highest BCUT2D eigenvalue weighted by Crippen LogP contribution is 2.38. The molecule has 7 rings (SSSR count). The molecule has 0 saturated carbocycles. The fraction of sp³-hybridized carbons (Fsp3) is 0.393. The maximum Gasteiger partial charge on any atom is 0.228 e. The minimum absolute atomic E-state index is 0.00781. The number of benzene rings is 2. The van der Waals surface area contributed by atoms with E-state index >= 15 is 4.39 Å². The fourth-order valence-corrected chi connectivity index (χ4v) is 6.34. The van der Waals surface area contributed by atoms with Crippen molar-refractivity contribution < 1.29 is 14.6 Å². The predicted molar refractivity (Wildman–Crippen MR) is 142 cm³/mol. The molecule has 3 N–H and O–H groups in total. The third-order valence-corrected chi connectivity index (χ3v) is 8.11. The zero-order valence-corrected chi connectivity index (χ0v) is 20.4. The van der Waals surface area contributed by atoms with Crippen LogP contribution >= 0.6 is 0 Å². The van der Waals surface area contributed by atoms with Crippen molar-refractivity contribution in [2.75, 3.05) is 36.0 Å². The average Bonchev–Trinajstić information content (AvgIpc) is 3.53. The van der Waals surface area contributed by atoms with E-state index in [2.05, 4.69) is 15.2 Å². The van der Waals surface area contributed by atoms with Crippen molar-refractivity contribution in [3.8, 4) is 17.0 Å². The number of nitrogens with zero attached hydrogens (tertiary/aromatic N) is 5. The number of aliphatic hydroxyl groups is 1. The summed E-state index contributed by atoms with van der Waals surface area (Å²) < 4.78 is 16.4. The molecular weight excluding hydrogens is 471 g/mol. The number of aliphatic hydroxyl groups excluding tert-OH is 1. The predicted octanol–water partition coefficient (Wildman–Crippen LogP) is 3.59. The van der Waals surface area contributed by atoms with Gasteiger partial charge in [-0.1, -0.05) is 24.3 Å². The van der Waals surface area contributed by atoms with Crippen LogP contribution in [0.1, 0.15) is 25.7 Å². The molecule has 3 fully saturated rings. The molecule has 9 heteroatoms. The Morgan fingerprint density at radius 1 is 1.03 bits per heavy atom. The SMILES string of the molecule is OCC1CCCN1c1nc(N2C[C@H]3CC[C@@H](C2)N3)c2cnc(-c3cc(O)cc4ccccc34)c(F)c2n1. The van der Waals surface area contributed by atoms with Gasteiger partial charge in [-0.2, -0.15) is 4.98 Å². The molecule has 2 aromatic heterocycles. The second-order valence-corrected chi connectivity index (χ2v) is 10.5. The summed E-state index contributed by atoms with van der Waals surface area (Å²) in [6.07, 6.45) is 5.70. The number of hydrogen-bond donors (Lipinski definition) is 3. The summed E-state index contributed by atoms with van der Waals surface area (Å²) in [5.74, 6) is 0.664. The van der Waals surface area contributed by atoms with Crippen molar-refractivity contribution in [3.05, 3.63) is 48.4 Å². The zero-order valence-electron chi connectivity index (χ0n) is 20.4. The maximum atomic E-state index is 16.4. The Kier molecular flexibility index (Phi) is 5.37. The molecule has 2 aromatic carbocycles. The molecule has 0 spiro atoms. The van der Waals surface area contributed by atoms with Crippen LogP contribution in [0.2, 0.25) is 0 Å². The van der Waals surface area contributed by atoms with Gasteiger partial charge in [0.1, 0.15) is 22.8 Å². The van der Waals surface area contributed by atoms with Gasteiger partial charge in [0, 0.05) is 43.5 Å². The van der Waals surface area contributed by atoms with Crippen LogP contribution in [0.25, 0.3) is 32.9 Å². The van der Waals surface area contributed by atoms with Gasteiger partial charge in [0.05, 0.1) is 18.0 Å². The Hall–Kier alpha value is -3.56. The van der Waals surface area contributed by atoms with E-state index in [1.165, 1.54) is 0 Å². The molecule has 2 bridgehead atoms. The van der Waals surface area contributed by atoms with E-state index in [0.717, 1.165) is 56.1 Å². The summed E-state index contributed by atoms with van der Waals surface area (Å²) in [7, 11) is 0. The Labute approximate surface area is 213 Å². The molecule has 4 aromatic rings. The molecule has 3 atom stereocenters. The minimum Gasteiger partial charge on any atom is -0.508 e. The standard InChI is InChI=1S/C28H29FN6O2/c29-24-25(22-11-20(37)10-16-4-1-2-6-21(16)22)30-12-23-26(24)32-28(35-9-3-5-19(35)15-36)33-27(23)34-13-17-7-8-18(14-34)31-17/h1-2,4,6,10-12,17-19,31,36-37H,3,5,7-9,13-15H2/t17-,18+,19?. The van der Waals surface area contributed by atoms with Gasteiger partial charge in [0.15, 0.2) is 5.82 Å². The summed E-state index contributed by atoms with van der Waals surface area (Å²) in [6.45, 7) is 2.33. The molecule has 0 aliphatic carbocycles. The van der Waals surface area contributed by atoms with Crippen molar-refractivity contribution in [1.29, 1.82) is 0 Å². The van der Waals surface area contributed by atoms with E-state index in [-0.39, 0.29) is 29.6 Å². The van der Waals surface area contributed by atoms with Crippen LogP contribution in [-0.4, -0.2) is 69.5 Å². The first kappa shape index (κ1) is 22.6. The molecule has 3 aliphatic rings. The summed E-state index contributed by atoms with van der Waals surface area (Å²) in [5.41, 5.74) is 0.883. The lowest BCUT2D eigenvalue weighted by Crippen LogP contribution is -2.51. The smallest absolute Gasteiger partial charge is 0.228 e. The van der Waals surface area contributed by atoms with Crippen LogP contribution in [0.15, 0.2) is 42.6 Å². The number of aromatic nitrogens is 3. The van der Waals surface area contributed by atoms with Crippen molar-refractivity contribution >= 4 is 33.4 Å². The molecule has 5 heterocycles. The van der Waals surface area contributed by atoms with Crippen LogP contribution in [0.5, 0.6) is 5.75 Å². The number of phenolic OH excluding ortho intramolecular Hbond substituents is 1. The van der Waals surface area contributed by atoms with Gasteiger partial charge in [-0.05, 0) is 48.6 Å². The molecular formula is C28H29FN6O2. The third kappa shape index (κ3) is 3.76. The molecule has 3 aliphatic heterocycles. The zero-order chi connectivity index (χ0) is 25.1. The number of piperazine rings is 1. The first-order valence-corrected chi connectivity index (χ1v) is 13.1. The maximum absolute atomic E-state index is 16.4. The largest absolute Gasteiger partial charge is 0.508 e. The quantitative estimate of drug-likeness (QED) is 0.391. The van der Waals surface area contributed by atoms with Crippen LogP contribution in [0.4, 0.5) is 16.2 Å². The lowest BCUT2D eigenvalue weighted by atomic mass is 10.00. The van der Waals surface area contributed by atoms with E-state index < -0.39 is 5.82 Å². The Morgan fingerprint density at radius 2 is 1.84 bits per heavy atom. The molecule has 8 nitrogen and oxygen atoms in total. The highest BCUT2D eigenvalue weighted by molar-refractivity contribution is 6.00. The van der Waals surface area contributed by atoms with Crippen molar-refractivity contribution in [1.82, 2.24) is 20.3 Å². The topological polar surface area (TPSA) is 97.6 Å². The van der Waals surface area contributed by atoms with Gasteiger partial charge in [0.25, 0.3) is 0 Å². The van der Waals surface area contributed by atoms with Gasteiger partial charge < -0.3 is 25.3 Å². The fourth-order valence-electron chi connectivity index (χ4n) is 6.34. The summed E-state index contributed by atoms with van der Waals surface area (Å²) >= 11 is 0. The third-order valence-electron chi connectivity index (χ3n) is 8.11. The number of nitrogens with one attached hydrogen (secondary N) is 1. The summed E-state index contributed by atoms with van der Waals surface area (Å²) in [4.78, 5) is 18.5. The van der Waals surface area contributed by atoms with E-state index in [1.54, 1.807) is 18.3 Å². The number of fused-ring (bicyclic) bond motifs is 4. The Balaban J connectivity index is 1.44. The number of halogens is 1. The molecule has 0 amide bonds. The van der Waals surface area contributed by atoms with Crippen molar-refractivity contribution in [2.24, 2.45) is 0 Å². The van der Waals surface area contributed by atoms with Crippen LogP contribution in [0, 0.1) is 5.82 Å². The number of anilines is 2. The van der Waals surface area contributed by atoms with E-state index in [9.17, 15) is 10.2 Å². The number of rotatable bonds is 4. The monoisotopic (exact) mass is 500 g/mol. The molecule has 37 heavy (non-hydrogen) atoms. The number of pyridine rings is 1. The Bertz CT molecular complexity index is 1500. The van der Waals surface area contributed by atoms with Gasteiger partial charge in [-0.3, -0.25) is 4.98 Å². The van der Waals surface area contributed by atoms with Gasteiger partial charge in [-0.25, -0.2) is 9.37 Å². The number of phenols is 1. The van der Waals surface area contributed by atoms with E-state index in [4.69, 9.17) is 9.97 Å². The number of aromatic hydroxyl groups is 1. The average molecular weight is 501 g/mol. The summed E-state index contributed by atoms with van der Waals surface area (Å²) in [6, 6.07) is 11.5. The minimum atomic E-state index is -0.531. The van der Waals surface area contributed by atoms with Crippen LogP contribution < -0.4 is 15.1 Å². The molecule has 0 radical (unpaired) electrons. The lowest BCUT2D eigenvalue weighted by Gasteiger charge is -2.35. The molecule has 190 valence electrons. The normalized spacial score (nSPS) is 23.5. The first-order chi connectivity index (χ1) is 18.1. The molecule has 1 unspecified atom stereocenters. The number of hydrogen-bond acceptors (Lipinski definition) is 8. The first-order valence-electron chi connectivity index (χ1n) is 13.1. The highest BCUT2D eigenvalue weighted by atomic mass is 19.1. The highest BCUT2D eigenvalue weighted by Gasteiger charge is 2.35. The van der Waals surface area contributed by atoms with Crippen LogP contribution in [0.3, 0.4) is 0 Å². The molecule has 3 saturated heterocycles. The van der Waals surface area contributed by atoms with Gasteiger partial charge >= 0.3 is 0 Å². The second-order valence-electron chi connectivity index (χ2n) is 10.5. The lowest BCUT2D eigenvalue weighted by molar-refractivity contribution is 0.265. The van der Waals surface area contributed by atoms with Crippen molar-refractivity contribution in [3.63, 3.8) is 0 Å². The Morgan fingerprint density at radius 3 is 2.65 bits per heavy atom.